The van der Waals surface area contributed by atoms with Crippen LogP contribution in [-0.2, 0) is 6.42 Å². The van der Waals surface area contributed by atoms with Gasteiger partial charge in [0, 0.05) is 25.2 Å². The number of nitrogens with zero attached hydrogens (tertiary/aromatic N) is 1. The molecule has 0 saturated carbocycles. The van der Waals surface area contributed by atoms with Gasteiger partial charge in [-0.2, -0.15) is 0 Å². The summed E-state index contributed by atoms with van der Waals surface area (Å²) in [5, 5.41) is 7.35. The smallest absolute Gasteiger partial charge is 0.0950 e. The minimum Gasteiger partial charge on any atom is -0.387 e. The summed E-state index contributed by atoms with van der Waals surface area (Å²) < 4.78 is 0. The number of hydrogen-bond acceptors (Lipinski definition) is 2. The molecule has 114 valence electrons. The minimum atomic E-state index is 0.219. The van der Waals surface area contributed by atoms with Crippen LogP contribution in [0.1, 0.15) is 29.9 Å². The van der Waals surface area contributed by atoms with Crippen molar-refractivity contribution in [1.82, 2.24) is 0 Å². The lowest BCUT2D eigenvalue weighted by atomic mass is 9.89. The molecule has 0 atom stereocenters. The molecule has 0 aliphatic carbocycles. The molecule has 1 heterocycles. The van der Waals surface area contributed by atoms with Gasteiger partial charge in [-0.15, -0.1) is 0 Å². The van der Waals surface area contributed by atoms with Crippen molar-refractivity contribution in [3.63, 3.8) is 0 Å². The van der Waals surface area contributed by atoms with Gasteiger partial charge in [0.05, 0.1) is 5.84 Å². The van der Waals surface area contributed by atoms with Crippen LogP contribution >= 0.6 is 0 Å². The maximum absolute atomic E-state index is 7.35. The summed E-state index contributed by atoms with van der Waals surface area (Å²) >= 11 is 0. The van der Waals surface area contributed by atoms with E-state index in [0.717, 1.165) is 18.7 Å². The van der Waals surface area contributed by atoms with Gasteiger partial charge in [-0.1, -0.05) is 42.5 Å². The highest BCUT2D eigenvalue weighted by molar-refractivity contribution is 5.79. The van der Waals surface area contributed by atoms with Gasteiger partial charge in [-0.05, 0) is 42.0 Å². The average Bonchev–Trinajstić information content (AvgIpc) is 2.56. The lowest BCUT2D eigenvalue weighted by Crippen LogP contribution is -2.32. The summed E-state index contributed by atoms with van der Waals surface area (Å²) in [6.07, 6.45) is 2.95. The average molecular weight is 293 g/mol. The summed E-state index contributed by atoms with van der Waals surface area (Å²) in [5.41, 5.74) is 9.30. The molecular formula is C19H23N3. The molecule has 3 N–H and O–H groups in total. The van der Waals surface area contributed by atoms with Gasteiger partial charge in [-0.25, -0.2) is 0 Å². The van der Waals surface area contributed by atoms with Crippen molar-refractivity contribution in [2.45, 2.75) is 25.2 Å². The molecule has 1 aliphatic rings. The number of nitrogens with one attached hydrogen (secondary N) is 1. The maximum Gasteiger partial charge on any atom is 0.0950 e. The fourth-order valence-corrected chi connectivity index (χ4v) is 3.24. The van der Waals surface area contributed by atoms with Crippen LogP contribution < -0.4 is 10.6 Å². The van der Waals surface area contributed by atoms with E-state index in [4.69, 9.17) is 11.1 Å². The van der Waals surface area contributed by atoms with Gasteiger partial charge in [0.1, 0.15) is 0 Å². The first-order valence-corrected chi connectivity index (χ1v) is 7.94. The van der Waals surface area contributed by atoms with E-state index < -0.39 is 0 Å². The van der Waals surface area contributed by atoms with Gasteiger partial charge in [0.2, 0.25) is 0 Å². The fourth-order valence-electron chi connectivity index (χ4n) is 3.24. The van der Waals surface area contributed by atoms with Gasteiger partial charge in [0.25, 0.3) is 0 Å². The first kappa shape index (κ1) is 14.6. The highest BCUT2D eigenvalue weighted by Gasteiger charge is 2.20. The molecule has 1 aliphatic heterocycles. The third kappa shape index (κ3) is 3.48. The van der Waals surface area contributed by atoms with Crippen molar-refractivity contribution in [3.8, 4) is 0 Å². The topological polar surface area (TPSA) is 53.1 Å². The lowest BCUT2D eigenvalue weighted by Gasteiger charge is -2.34. The Labute approximate surface area is 132 Å². The largest absolute Gasteiger partial charge is 0.387 e. The van der Waals surface area contributed by atoms with E-state index in [1.165, 1.54) is 24.1 Å². The number of amidine groups is 1. The summed E-state index contributed by atoms with van der Waals surface area (Å²) in [6, 6.07) is 19.3. The second-order valence-electron chi connectivity index (χ2n) is 6.04. The summed E-state index contributed by atoms with van der Waals surface area (Å²) in [4.78, 5) is 2.46. The standard InChI is InChI=1S/C19H23N3/c20-19(21)14-15-6-8-18(9-7-15)22-12-10-17(11-13-22)16-4-2-1-3-5-16/h1-9,17H,10-14H2,(H3,20,21). The van der Waals surface area contributed by atoms with E-state index in [-0.39, 0.29) is 5.84 Å². The van der Waals surface area contributed by atoms with Crippen molar-refractivity contribution in [2.24, 2.45) is 5.73 Å². The van der Waals surface area contributed by atoms with Gasteiger partial charge < -0.3 is 10.6 Å². The Balaban J connectivity index is 1.60. The van der Waals surface area contributed by atoms with E-state index in [0.29, 0.717) is 12.3 Å². The molecule has 3 nitrogen and oxygen atoms in total. The highest BCUT2D eigenvalue weighted by Crippen LogP contribution is 2.30. The number of rotatable bonds is 4. The van der Waals surface area contributed by atoms with E-state index >= 15 is 0 Å². The van der Waals surface area contributed by atoms with Crippen LogP contribution in [0.25, 0.3) is 0 Å². The van der Waals surface area contributed by atoms with Crippen LogP contribution in [0, 0.1) is 5.41 Å². The molecule has 1 saturated heterocycles. The van der Waals surface area contributed by atoms with E-state index in [9.17, 15) is 0 Å². The van der Waals surface area contributed by atoms with Gasteiger partial charge in [-0.3, -0.25) is 5.41 Å². The Morgan fingerprint density at radius 3 is 2.23 bits per heavy atom. The van der Waals surface area contributed by atoms with E-state index in [1.807, 2.05) is 0 Å². The first-order valence-electron chi connectivity index (χ1n) is 7.94. The molecule has 3 heteroatoms. The maximum atomic E-state index is 7.35. The highest BCUT2D eigenvalue weighted by atomic mass is 15.1. The summed E-state index contributed by atoms with van der Waals surface area (Å²) in [6.45, 7) is 2.21. The SMILES string of the molecule is N=C(N)Cc1ccc(N2CCC(c3ccccc3)CC2)cc1. The molecule has 0 amide bonds. The number of nitrogens with two attached hydrogens (primary N) is 1. The zero-order valence-corrected chi connectivity index (χ0v) is 12.8. The molecule has 1 fully saturated rings. The van der Waals surface area contributed by atoms with Gasteiger partial charge >= 0.3 is 0 Å². The molecular weight excluding hydrogens is 270 g/mol. The van der Waals surface area contributed by atoms with Crippen molar-refractivity contribution < 1.29 is 0 Å². The summed E-state index contributed by atoms with van der Waals surface area (Å²) in [7, 11) is 0. The molecule has 2 aromatic rings. The fraction of sp³-hybridized carbons (Fsp3) is 0.316. The second-order valence-corrected chi connectivity index (χ2v) is 6.04. The minimum absolute atomic E-state index is 0.219. The third-order valence-corrected chi connectivity index (χ3v) is 4.46. The Morgan fingerprint density at radius 1 is 1.00 bits per heavy atom. The van der Waals surface area contributed by atoms with Gasteiger partial charge in [0.15, 0.2) is 0 Å². The predicted molar refractivity (Wildman–Crippen MR) is 92.7 cm³/mol. The normalized spacial score (nSPS) is 15.7. The zero-order valence-electron chi connectivity index (χ0n) is 12.8. The number of benzene rings is 2. The number of piperidine rings is 1. The molecule has 3 rings (SSSR count). The predicted octanol–water partition coefficient (Wildman–Crippen LogP) is 3.55. The molecule has 0 spiro atoms. The van der Waals surface area contributed by atoms with Crippen molar-refractivity contribution in [2.75, 3.05) is 18.0 Å². The van der Waals surface area contributed by atoms with Crippen LogP contribution in [-0.4, -0.2) is 18.9 Å². The summed E-state index contributed by atoms with van der Waals surface area (Å²) in [5.74, 6) is 0.908. The van der Waals surface area contributed by atoms with E-state index in [1.54, 1.807) is 0 Å². The molecule has 22 heavy (non-hydrogen) atoms. The van der Waals surface area contributed by atoms with Crippen molar-refractivity contribution in [1.29, 1.82) is 5.41 Å². The Kier molecular flexibility index (Phi) is 4.42. The molecule has 0 unspecified atom stereocenters. The van der Waals surface area contributed by atoms with Crippen molar-refractivity contribution in [3.05, 3.63) is 65.7 Å². The van der Waals surface area contributed by atoms with Crippen LogP contribution in [0.3, 0.4) is 0 Å². The quantitative estimate of drug-likeness (QED) is 0.669. The Morgan fingerprint density at radius 2 is 1.64 bits per heavy atom. The lowest BCUT2D eigenvalue weighted by molar-refractivity contribution is 0.505. The third-order valence-electron chi connectivity index (χ3n) is 4.46. The molecule has 2 aromatic carbocycles. The number of hydrogen-bond donors (Lipinski definition) is 2. The molecule has 0 radical (unpaired) electrons. The van der Waals surface area contributed by atoms with E-state index in [2.05, 4.69) is 59.5 Å². The first-order chi connectivity index (χ1) is 10.7. The Bertz CT molecular complexity index is 611. The molecule has 0 bridgehead atoms. The second kappa shape index (κ2) is 6.65. The van der Waals surface area contributed by atoms with Crippen LogP contribution in [0.4, 0.5) is 5.69 Å². The zero-order chi connectivity index (χ0) is 15.4. The molecule has 0 aromatic heterocycles. The Hall–Kier alpha value is -2.29. The monoisotopic (exact) mass is 293 g/mol. The van der Waals surface area contributed by atoms with Crippen LogP contribution in [0.15, 0.2) is 54.6 Å². The van der Waals surface area contributed by atoms with Crippen LogP contribution in [0.2, 0.25) is 0 Å². The van der Waals surface area contributed by atoms with Crippen molar-refractivity contribution >= 4 is 11.5 Å². The van der Waals surface area contributed by atoms with Crippen LogP contribution in [0.5, 0.6) is 0 Å². The number of anilines is 1.